The Morgan fingerprint density at radius 3 is 2.15 bits per heavy atom. The topological polar surface area (TPSA) is 244 Å². The average Bonchev–Trinajstić information content (AvgIpc) is 3.86. The summed E-state index contributed by atoms with van der Waals surface area (Å²) in [6.07, 6.45) is 1.15. The number of esters is 1. The molecule has 0 aliphatic carbocycles. The number of nitrogens with one attached hydrogen (secondary N) is 1. The molecule has 1 spiro atoms. The first-order chi connectivity index (χ1) is 34.9. The van der Waals surface area contributed by atoms with Gasteiger partial charge in [-0.25, -0.2) is 24.5 Å². The van der Waals surface area contributed by atoms with Gasteiger partial charge < -0.3 is 35.4 Å². The molecule has 0 saturated carbocycles. The molecule has 3 saturated heterocycles. The first kappa shape index (κ1) is 46.6. The number of cyclic esters (lactones) is 1. The van der Waals surface area contributed by atoms with Crippen molar-refractivity contribution in [1.29, 1.82) is 0 Å². The smallest absolute Gasteiger partial charge is 0.421 e. The summed E-state index contributed by atoms with van der Waals surface area (Å²) in [6.45, 7) is 0.381. The lowest BCUT2D eigenvalue weighted by Gasteiger charge is -2.46. The molecule has 5 amide bonds. The van der Waals surface area contributed by atoms with Gasteiger partial charge in [0.15, 0.2) is 0 Å². The molecule has 0 bridgehead atoms. The maximum atomic E-state index is 16.6. The van der Waals surface area contributed by atoms with Crippen LogP contribution >= 0.6 is 0 Å². The number of nitro groups is 1. The van der Waals surface area contributed by atoms with Gasteiger partial charge in [-0.2, -0.15) is 0 Å². The highest BCUT2D eigenvalue weighted by Gasteiger charge is 2.76. The Morgan fingerprint density at radius 1 is 0.833 bits per heavy atom. The highest BCUT2D eigenvalue weighted by molar-refractivity contribution is 6.23. The van der Waals surface area contributed by atoms with Crippen molar-refractivity contribution in [3.8, 4) is 17.6 Å². The summed E-state index contributed by atoms with van der Waals surface area (Å²) >= 11 is 0. The molecule has 6 atom stereocenters. The molecule has 4 N–H and O–H groups in total. The van der Waals surface area contributed by atoms with Crippen molar-refractivity contribution in [3.05, 3.63) is 189 Å². The number of phenolic OH excluding ortho intramolecular Hbond substituents is 1. The highest BCUT2D eigenvalue weighted by Crippen LogP contribution is 2.66. The summed E-state index contributed by atoms with van der Waals surface area (Å²) in [4.78, 5) is 101. The van der Waals surface area contributed by atoms with E-state index in [1.54, 1.807) is 47.6 Å². The predicted octanol–water partition coefficient (Wildman–Crippen LogP) is 5.46. The number of phenols is 1. The maximum Gasteiger partial charge on any atom is 0.421 e. The fraction of sp³-hybridized carbons (Fsp3) is 0.226. The highest BCUT2D eigenvalue weighted by atomic mass is 16.6. The number of imide groups is 1. The third-order valence-corrected chi connectivity index (χ3v) is 13.6. The van der Waals surface area contributed by atoms with Crippen molar-refractivity contribution in [2.24, 2.45) is 11.7 Å². The van der Waals surface area contributed by atoms with Crippen molar-refractivity contribution >= 4 is 47.2 Å². The molecule has 362 valence electrons. The van der Waals surface area contributed by atoms with Crippen LogP contribution in [-0.4, -0.2) is 98.5 Å². The third kappa shape index (κ3) is 8.32. The van der Waals surface area contributed by atoms with Gasteiger partial charge in [-0.05, 0) is 76.3 Å². The Balaban J connectivity index is 1.20. The van der Waals surface area contributed by atoms with Gasteiger partial charge >= 0.3 is 18.1 Å². The summed E-state index contributed by atoms with van der Waals surface area (Å²) < 4.78 is 12.4. The zero-order valence-corrected chi connectivity index (χ0v) is 38.3. The number of hydrogen-bond donors (Lipinski definition) is 3. The number of amides is 5. The molecule has 19 nitrogen and oxygen atoms in total. The van der Waals surface area contributed by atoms with Gasteiger partial charge in [-0.3, -0.25) is 29.4 Å². The van der Waals surface area contributed by atoms with Crippen molar-refractivity contribution in [2.45, 2.75) is 36.3 Å². The van der Waals surface area contributed by atoms with Crippen LogP contribution < -0.4 is 20.9 Å². The monoisotopic (exact) mass is 967 g/mol. The number of anilines is 2. The van der Waals surface area contributed by atoms with Crippen LogP contribution in [0.25, 0.3) is 0 Å². The van der Waals surface area contributed by atoms with Gasteiger partial charge in [0.1, 0.15) is 29.9 Å². The number of aromatic hydroxyl groups is 1. The van der Waals surface area contributed by atoms with E-state index >= 15 is 14.4 Å². The Morgan fingerprint density at radius 2 is 1.50 bits per heavy atom. The van der Waals surface area contributed by atoms with Gasteiger partial charge in [0.05, 0.1) is 35.2 Å². The number of primary amides is 1. The van der Waals surface area contributed by atoms with Crippen LogP contribution in [0.1, 0.15) is 51.6 Å². The van der Waals surface area contributed by atoms with Crippen LogP contribution in [0.4, 0.5) is 26.9 Å². The predicted molar refractivity (Wildman–Crippen MR) is 259 cm³/mol. The summed E-state index contributed by atoms with van der Waals surface area (Å²) in [5.41, 5.74) is 5.69. The van der Waals surface area contributed by atoms with Crippen LogP contribution in [0.15, 0.2) is 146 Å². The van der Waals surface area contributed by atoms with Crippen molar-refractivity contribution in [1.82, 2.24) is 25.1 Å². The fourth-order valence-corrected chi connectivity index (χ4v) is 10.6. The number of benzene rings is 5. The van der Waals surface area contributed by atoms with Gasteiger partial charge in [0.25, 0.3) is 5.69 Å². The van der Waals surface area contributed by atoms with E-state index in [2.05, 4.69) is 27.1 Å². The molecule has 1 aromatic heterocycles. The number of nitrogens with two attached hydrogens (primary N) is 1. The van der Waals surface area contributed by atoms with Gasteiger partial charge in [-0.1, -0.05) is 84.6 Å². The molecule has 72 heavy (non-hydrogen) atoms. The van der Waals surface area contributed by atoms with E-state index in [1.807, 2.05) is 70.5 Å². The lowest BCUT2D eigenvalue weighted by Crippen LogP contribution is -2.59. The molecule has 3 fully saturated rings. The minimum atomic E-state index is -2.15. The first-order valence-electron chi connectivity index (χ1n) is 23.0. The lowest BCUT2D eigenvalue weighted by atomic mass is 9.65. The number of ether oxygens (including phenoxy) is 2. The van der Waals surface area contributed by atoms with Crippen LogP contribution in [0.3, 0.4) is 0 Å². The van der Waals surface area contributed by atoms with E-state index in [-0.39, 0.29) is 42.3 Å². The standard InChI is InChI=1S/C53H45N9O10/c54-50(67)55-24-7-9-33-16-23-41-40(31-33)53(49(66)60(41)52(68)71-32-34-14-19-38(20-15-34)62(69)70)42(47(64)58-27-29-59(30-28-58)51-56-25-8-26-57-51)44-48(65)72-45(36-12-5-2-6-13-36)43(35-10-3-1-4-11-35)61(44)46(53)37-17-21-39(63)22-18-37/h1-6,8,10-23,25-26,31,42-46,63H,24,27-30,32H2,(H3,54,55,67). The zero-order chi connectivity index (χ0) is 50.1. The van der Waals surface area contributed by atoms with Crippen molar-refractivity contribution < 1.29 is 43.5 Å². The summed E-state index contributed by atoms with van der Waals surface area (Å²) in [6, 6.07) is 32.1. The number of nitro benzene ring substituents is 1. The third-order valence-electron chi connectivity index (χ3n) is 13.6. The minimum absolute atomic E-state index is 0.0474. The molecule has 0 radical (unpaired) electrons. The second-order valence-electron chi connectivity index (χ2n) is 17.6. The van der Waals surface area contributed by atoms with E-state index in [1.165, 1.54) is 42.5 Å². The van der Waals surface area contributed by atoms with E-state index in [0.717, 1.165) is 4.90 Å². The number of aromatic nitrogens is 2. The summed E-state index contributed by atoms with van der Waals surface area (Å²) in [7, 11) is 0. The molecule has 10 rings (SSSR count). The molecule has 6 unspecified atom stereocenters. The van der Waals surface area contributed by atoms with E-state index in [9.17, 15) is 24.8 Å². The van der Waals surface area contributed by atoms with E-state index in [0.29, 0.717) is 46.9 Å². The number of rotatable bonds is 9. The molecular formula is C53H45N9O10. The Bertz CT molecular complexity index is 3130. The number of morpholine rings is 1. The number of non-ortho nitro benzene ring substituents is 1. The van der Waals surface area contributed by atoms with E-state index in [4.69, 9.17) is 15.2 Å². The van der Waals surface area contributed by atoms with Crippen molar-refractivity contribution in [3.63, 3.8) is 0 Å². The zero-order valence-electron chi connectivity index (χ0n) is 38.3. The van der Waals surface area contributed by atoms with Crippen LogP contribution in [0, 0.1) is 27.9 Å². The SMILES string of the molecule is NC(=O)NCC#Cc1ccc2c(c1)C1(C(=O)N2C(=O)OCc2ccc([N+](=O)[O-])cc2)C(C(=O)N2CCN(c3ncccn3)CC2)C2C(=O)OC(c3ccccc3)C(c3ccccc3)N2C1c1ccc(O)cc1. The summed E-state index contributed by atoms with van der Waals surface area (Å²) in [5, 5.41) is 24.6. The van der Waals surface area contributed by atoms with Gasteiger partial charge in [0, 0.05) is 56.3 Å². The van der Waals surface area contributed by atoms with Crippen molar-refractivity contribution in [2.75, 3.05) is 42.5 Å². The molecule has 5 aromatic carbocycles. The maximum absolute atomic E-state index is 16.6. The molecular weight excluding hydrogens is 923 g/mol. The quantitative estimate of drug-likeness (QED) is 0.0706. The molecule has 4 aliphatic heterocycles. The average molecular weight is 968 g/mol. The summed E-state index contributed by atoms with van der Waals surface area (Å²) in [5.74, 6) is 2.43. The second-order valence-corrected chi connectivity index (χ2v) is 17.6. The van der Waals surface area contributed by atoms with Crippen LogP contribution in [-0.2, 0) is 35.9 Å². The lowest BCUT2D eigenvalue weighted by molar-refractivity contribution is -0.384. The van der Waals surface area contributed by atoms with Crippen LogP contribution in [0.2, 0.25) is 0 Å². The van der Waals surface area contributed by atoms with Crippen LogP contribution in [0.5, 0.6) is 5.75 Å². The molecule has 5 heterocycles. The molecule has 19 heteroatoms. The number of carbonyl (C=O) groups excluding carboxylic acids is 5. The number of piperazine rings is 1. The van der Waals surface area contributed by atoms with Gasteiger partial charge in [-0.15, -0.1) is 0 Å². The first-order valence-corrected chi connectivity index (χ1v) is 23.0. The number of carbonyl (C=O) groups is 5. The second kappa shape index (κ2) is 19.3. The van der Waals surface area contributed by atoms with Gasteiger partial charge in [0.2, 0.25) is 17.8 Å². The Kier molecular flexibility index (Phi) is 12.5. The minimum Gasteiger partial charge on any atom is -0.508 e. The normalized spacial score (nSPS) is 22.3. The molecule has 4 aliphatic rings. The number of hydrogen-bond acceptors (Lipinski definition) is 14. The number of nitrogens with zero attached hydrogens (tertiary/aromatic N) is 7. The number of fused-ring (bicyclic) bond motifs is 3. The molecule has 6 aromatic rings. The Hall–Kier alpha value is -9.15. The van der Waals surface area contributed by atoms with E-state index < -0.39 is 77.0 Å². The fourth-order valence-electron chi connectivity index (χ4n) is 10.6. The largest absolute Gasteiger partial charge is 0.508 e. The Labute approximate surface area is 411 Å². The number of urea groups is 1.